The van der Waals surface area contributed by atoms with Gasteiger partial charge in [0.2, 0.25) is 0 Å². The highest BCUT2D eigenvalue weighted by molar-refractivity contribution is 5.97. The number of carbonyl (C=O) groups is 1. The number of likely N-dealkylation sites (N-methyl/N-ethyl adjacent to an activating group) is 1. The molecule has 108 valence electrons. The molecule has 0 aromatic heterocycles. The van der Waals surface area contributed by atoms with Gasteiger partial charge in [0.1, 0.15) is 5.75 Å². The lowest BCUT2D eigenvalue weighted by molar-refractivity contribution is -0.118. The molecule has 2 heterocycles. The molecule has 1 unspecified atom stereocenters. The second kappa shape index (κ2) is 4.86. The van der Waals surface area contributed by atoms with Gasteiger partial charge in [0, 0.05) is 25.2 Å². The van der Waals surface area contributed by atoms with Crippen molar-refractivity contribution in [2.75, 3.05) is 49.7 Å². The Morgan fingerprint density at radius 1 is 1.45 bits per heavy atom. The smallest absolute Gasteiger partial charge is 0.262 e. The number of carbonyl (C=O) groups excluding carboxylic acids is 1. The van der Waals surface area contributed by atoms with E-state index in [1.807, 2.05) is 6.07 Å². The van der Waals surface area contributed by atoms with Gasteiger partial charge in [-0.1, -0.05) is 0 Å². The van der Waals surface area contributed by atoms with Crippen LogP contribution in [0, 0.1) is 0 Å². The molecule has 0 bridgehead atoms. The molecule has 3 rings (SSSR count). The molecule has 1 amide bonds. The second-order valence-corrected chi connectivity index (χ2v) is 5.60. The standard InChI is InChI=1S/C14H20N4O2/c1-17(2)9-3-4-18(7-9)12-6-11-13(5-10(12)15)20-8-14(19)16-11/h5-6,9H,3-4,7-8,15H2,1-2H3,(H,16,19). The van der Waals surface area contributed by atoms with Crippen LogP contribution in [0.15, 0.2) is 12.1 Å². The van der Waals surface area contributed by atoms with Gasteiger partial charge in [0.15, 0.2) is 6.61 Å². The minimum Gasteiger partial charge on any atom is -0.482 e. The van der Waals surface area contributed by atoms with Crippen molar-refractivity contribution in [1.82, 2.24) is 4.90 Å². The van der Waals surface area contributed by atoms with Gasteiger partial charge in [0.25, 0.3) is 5.91 Å². The zero-order valence-electron chi connectivity index (χ0n) is 11.8. The number of hydrogen-bond donors (Lipinski definition) is 2. The van der Waals surface area contributed by atoms with Crippen LogP contribution in [0.25, 0.3) is 0 Å². The zero-order chi connectivity index (χ0) is 14.3. The first-order valence-electron chi connectivity index (χ1n) is 6.82. The lowest BCUT2D eigenvalue weighted by Crippen LogP contribution is -2.32. The summed E-state index contributed by atoms with van der Waals surface area (Å²) in [6.45, 7) is 1.98. The summed E-state index contributed by atoms with van der Waals surface area (Å²) < 4.78 is 5.37. The topological polar surface area (TPSA) is 70.8 Å². The maximum Gasteiger partial charge on any atom is 0.262 e. The summed E-state index contributed by atoms with van der Waals surface area (Å²) in [4.78, 5) is 15.9. The van der Waals surface area contributed by atoms with Crippen molar-refractivity contribution in [1.29, 1.82) is 0 Å². The Kier molecular flexibility index (Phi) is 3.17. The number of amides is 1. The van der Waals surface area contributed by atoms with Crippen LogP contribution in [0.5, 0.6) is 5.75 Å². The first-order valence-corrected chi connectivity index (χ1v) is 6.82. The average molecular weight is 276 g/mol. The Morgan fingerprint density at radius 2 is 2.25 bits per heavy atom. The number of anilines is 3. The third-order valence-electron chi connectivity index (χ3n) is 4.00. The third-order valence-corrected chi connectivity index (χ3v) is 4.00. The molecule has 1 aromatic rings. The first kappa shape index (κ1) is 13.1. The van der Waals surface area contributed by atoms with Crippen molar-refractivity contribution in [2.45, 2.75) is 12.5 Å². The molecular formula is C14H20N4O2. The first-order chi connectivity index (χ1) is 9.54. The Morgan fingerprint density at radius 3 is 2.95 bits per heavy atom. The molecule has 0 radical (unpaired) electrons. The summed E-state index contributed by atoms with van der Waals surface area (Å²) in [5.74, 6) is 0.523. The zero-order valence-corrected chi connectivity index (χ0v) is 11.8. The third kappa shape index (κ3) is 2.27. The Hall–Kier alpha value is -1.95. The fourth-order valence-corrected chi connectivity index (χ4v) is 2.79. The van der Waals surface area contributed by atoms with Gasteiger partial charge in [-0.3, -0.25) is 4.79 Å². The van der Waals surface area contributed by atoms with E-state index in [1.165, 1.54) is 0 Å². The van der Waals surface area contributed by atoms with Gasteiger partial charge < -0.3 is 25.6 Å². The quantitative estimate of drug-likeness (QED) is 0.780. The summed E-state index contributed by atoms with van der Waals surface area (Å²) in [5, 5.41) is 2.83. The number of nitrogen functional groups attached to an aromatic ring is 1. The fraction of sp³-hybridized carbons (Fsp3) is 0.500. The van der Waals surface area contributed by atoms with Crippen LogP contribution < -0.4 is 20.7 Å². The Bertz CT molecular complexity index is 544. The second-order valence-electron chi connectivity index (χ2n) is 5.60. The van der Waals surface area contributed by atoms with Crippen LogP contribution in [0.4, 0.5) is 17.1 Å². The fourth-order valence-electron chi connectivity index (χ4n) is 2.79. The number of nitrogens with zero attached hydrogens (tertiary/aromatic N) is 2. The van der Waals surface area contributed by atoms with Crippen molar-refractivity contribution in [3.05, 3.63) is 12.1 Å². The molecular weight excluding hydrogens is 256 g/mol. The van der Waals surface area contributed by atoms with E-state index in [2.05, 4.69) is 29.2 Å². The van der Waals surface area contributed by atoms with Crippen molar-refractivity contribution in [3.63, 3.8) is 0 Å². The molecule has 1 aromatic carbocycles. The molecule has 2 aliphatic heterocycles. The number of nitrogens with one attached hydrogen (secondary N) is 1. The highest BCUT2D eigenvalue weighted by Crippen LogP contribution is 2.38. The van der Waals surface area contributed by atoms with Crippen LogP contribution in [-0.2, 0) is 4.79 Å². The van der Waals surface area contributed by atoms with Crippen LogP contribution in [0.1, 0.15) is 6.42 Å². The normalized spacial score (nSPS) is 21.6. The lowest BCUT2D eigenvalue weighted by Gasteiger charge is -2.26. The maximum atomic E-state index is 11.4. The van der Waals surface area contributed by atoms with Gasteiger partial charge >= 0.3 is 0 Å². The predicted molar refractivity (Wildman–Crippen MR) is 79.3 cm³/mol. The number of ether oxygens (including phenoxy) is 1. The number of fused-ring (bicyclic) bond motifs is 1. The van der Waals surface area contributed by atoms with E-state index in [-0.39, 0.29) is 12.5 Å². The Balaban J connectivity index is 1.87. The van der Waals surface area contributed by atoms with E-state index in [0.29, 0.717) is 23.2 Å². The van der Waals surface area contributed by atoms with Crippen molar-refractivity contribution in [2.24, 2.45) is 0 Å². The van der Waals surface area contributed by atoms with Gasteiger partial charge in [-0.2, -0.15) is 0 Å². The minimum absolute atomic E-state index is 0.0538. The molecule has 0 saturated carbocycles. The monoisotopic (exact) mass is 276 g/mol. The molecule has 0 spiro atoms. The number of nitrogens with two attached hydrogens (primary N) is 1. The van der Waals surface area contributed by atoms with Gasteiger partial charge in [0.05, 0.1) is 17.1 Å². The van der Waals surface area contributed by atoms with Crippen molar-refractivity contribution in [3.8, 4) is 5.75 Å². The largest absolute Gasteiger partial charge is 0.482 e. The summed E-state index contributed by atoms with van der Waals surface area (Å²) in [6.07, 6.45) is 1.12. The van der Waals surface area contributed by atoms with Crippen molar-refractivity contribution < 1.29 is 9.53 Å². The van der Waals surface area contributed by atoms with Gasteiger partial charge in [-0.25, -0.2) is 0 Å². The van der Waals surface area contributed by atoms with E-state index >= 15 is 0 Å². The molecule has 1 saturated heterocycles. The number of rotatable bonds is 2. The molecule has 3 N–H and O–H groups in total. The number of hydrogen-bond acceptors (Lipinski definition) is 5. The summed E-state index contributed by atoms with van der Waals surface area (Å²) in [6, 6.07) is 4.25. The molecule has 6 heteroatoms. The van der Waals surface area contributed by atoms with Crippen LogP contribution in [-0.4, -0.2) is 50.6 Å². The summed E-state index contributed by atoms with van der Waals surface area (Å²) >= 11 is 0. The van der Waals surface area contributed by atoms with Gasteiger partial charge in [-0.15, -0.1) is 0 Å². The van der Waals surface area contributed by atoms with Gasteiger partial charge in [-0.05, 0) is 26.6 Å². The average Bonchev–Trinajstić information content (AvgIpc) is 2.88. The highest BCUT2D eigenvalue weighted by atomic mass is 16.5. The van der Waals surface area contributed by atoms with E-state index in [0.717, 1.165) is 25.2 Å². The molecule has 6 nitrogen and oxygen atoms in total. The summed E-state index contributed by atoms with van der Waals surface area (Å²) in [5.41, 5.74) is 8.50. The van der Waals surface area contributed by atoms with E-state index in [1.54, 1.807) is 6.07 Å². The van der Waals surface area contributed by atoms with Crippen molar-refractivity contribution >= 4 is 23.0 Å². The van der Waals surface area contributed by atoms with E-state index < -0.39 is 0 Å². The Labute approximate surface area is 118 Å². The SMILES string of the molecule is CN(C)C1CCN(c2cc3c(cc2N)OCC(=O)N3)C1. The van der Waals surface area contributed by atoms with E-state index in [9.17, 15) is 4.79 Å². The molecule has 2 aliphatic rings. The predicted octanol–water partition coefficient (Wildman–Crippen LogP) is 0.740. The molecule has 1 atom stereocenters. The number of benzene rings is 1. The highest BCUT2D eigenvalue weighted by Gasteiger charge is 2.27. The van der Waals surface area contributed by atoms with Crippen LogP contribution >= 0.6 is 0 Å². The molecule has 1 fully saturated rings. The van der Waals surface area contributed by atoms with Crippen LogP contribution in [0.3, 0.4) is 0 Å². The summed E-state index contributed by atoms with van der Waals surface area (Å²) in [7, 11) is 4.19. The maximum absolute atomic E-state index is 11.4. The molecule has 20 heavy (non-hydrogen) atoms. The lowest BCUT2D eigenvalue weighted by atomic mass is 10.2. The minimum atomic E-state index is -0.124. The molecule has 0 aliphatic carbocycles. The van der Waals surface area contributed by atoms with Crippen LogP contribution in [0.2, 0.25) is 0 Å². The van der Waals surface area contributed by atoms with E-state index in [4.69, 9.17) is 10.5 Å².